The van der Waals surface area contributed by atoms with Gasteiger partial charge in [-0.05, 0) is 50.1 Å². The Kier molecular flexibility index (Phi) is 5.39. The zero-order chi connectivity index (χ0) is 20.6. The monoisotopic (exact) mass is 402 g/mol. The van der Waals surface area contributed by atoms with Crippen LogP contribution >= 0.6 is 0 Å². The van der Waals surface area contributed by atoms with E-state index in [1.165, 1.54) is 10.6 Å². The molecule has 0 aromatic heterocycles. The summed E-state index contributed by atoms with van der Waals surface area (Å²) in [4.78, 5) is 14.6. The van der Waals surface area contributed by atoms with Gasteiger partial charge in [0, 0.05) is 30.8 Å². The Hall–Kier alpha value is -2.54. The highest BCUT2D eigenvalue weighted by atomic mass is 32.2. The van der Waals surface area contributed by atoms with Gasteiger partial charge in [-0.15, -0.1) is 0 Å². The predicted molar refractivity (Wildman–Crippen MR) is 110 cm³/mol. The highest BCUT2D eigenvalue weighted by molar-refractivity contribution is 7.92. The van der Waals surface area contributed by atoms with E-state index in [1.807, 2.05) is 38.1 Å². The Labute approximate surface area is 166 Å². The zero-order valence-corrected chi connectivity index (χ0v) is 17.7. The Bertz CT molecular complexity index is 1020. The van der Waals surface area contributed by atoms with Crippen molar-refractivity contribution in [3.05, 3.63) is 58.7 Å². The molecule has 2 aromatic carbocycles. The van der Waals surface area contributed by atoms with Crippen LogP contribution in [-0.2, 0) is 23.0 Å². The molecule has 150 valence electrons. The molecule has 1 amide bonds. The first-order valence-corrected chi connectivity index (χ1v) is 11.0. The molecule has 1 atom stereocenters. The quantitative estimate of drug-likeness (QED) is 0.771. The van der Waals surface area contributed by atoms with E-state index in [-0.39, 0.29) is 11.9 Å². The summed E-state index contributed by atoms with van der Waals surface area (Å²) in [6.07, 6.45) is 1.81. The number of nitrogens with zero attached hydrogens (tertiary/aromatic N) is 2. The number of hydrogen-bond donors (Lipinski definition) is 0. The molecule has 1 aliphatic heterocycles. The van der Waals surface area contributed by atoms with Gasteiger partial charge in [-0.1, -0.05) is 17.7 Å². The molecule has 0 radical (unpaired) electrons. The highest BCUT2D eigenvalue weighted by Crippen LogP contribution is 2.35. The minimum atomic E-state index is -3.34. The fourth-order valence-corrected chi connectivity index (χ4v) is 5.08. The van der Waals surface area contributed by atoms with Gasteiger partial charge in [0.05, 0.1) is 19.1 Å². The van der Waals surface area contributed by atoms with E-state index in [2.05, 4.69) is 0 Å². The molecule has 0 bridgehead atoms. The van der Waals surface area contributed by atoms with Crippen molar-refractivity contribution in [2.75, 3.05) is 24.7 Å². The largest absolute Gasteiger partial charge is 0.496 e. The van der Waals surface area contributed by atoms with Gasteiger partial charge in [0.2, 0.25) is 10.0 Å². The van der Waals surface area contributed by atoms with Crippen molar-refractivity contribution in [3.8, 4) is 5.75 Å². The number of ether oxygens (including phenoxy) is 1. The van der Waals surface area contributed by atoms with Crippen molar-refractivity contribution in [3.63, 3.8) is 0 Å². The molecular formula is C21H26N2O4S. The fraction of sp³-hybridized carbons (Fsp3) is 0.381. The van der Waals surface area contributed by atoms with Crippen LogP contribution in [0, 0.1) is 6.92 Å². The molecule has 3 rings (SSSR count). The van der Waals surface area contributed by atoms with Gasteiger partial charge >= 0.3 is 0 Å². The maximum absolute atomic E-state index is 12.9. The summed E-state index contributed by atoms with van der Waals surface area (Å²) >= 11 is 0. The van der Waals surface area contributed by atoms with Gasteiger partial charge < -0.3 is 9.64 Å². The lowest BCUT2D eigenvalue weighted by Crippen LogP contribution is -2.34. The standard InChI is InChI=1S/C21H26N2O4S/c1-14-6-9-20(27-4)18(10-14)13-22(3)21(24)16-7-8-19-17(12-16)11-15(2)23(19)28(5,25)26/h6-10,12,15H,11,13H2,1-5H3/t15-/m1/s1. The Morgan fingerprint density at radius 2 is 1.96 bits per heavy atom. The minimum absolute atomic E-state index is 0.114. The number of methoxy groups -OCH3 is 1. The van der Waals surface area contributed by atoms with E-state index < -0.39 is 10.0 Å². The van der Waals surface area contributed by atoms with Gasteiger partial charge in [0.1, 0.15) is 5.75 Å². The average molecular weight is 403 g/mol. The maximum Gasteiger partial charge on any atom is 0.253 e. The second-order valence-corrected chi connectivity index (χ2v) is 9.29. The first-order chi connectivity index (χ1) is 13.1. The van der Waals surface area contributed by atoms with Crippen LogP contribution in [0.2, 0.25) is 0 Å². The van der Waals surface area contributed by atoms with Gasteiger partial charge in [0.25, 0.3) is 5.91 Å². The smallest absolute Gasteiger partial charge is 0.253 e. The third kappa shape index (κ3) is 3.85. The predicted octanol–water partition coefficient (Wildman–Crippen LogP) is 2.99. The summed E-state index contributed by atoms with van der Waals surface area (Å²) in [6, 6.07) is 11.0. The molecule has 1 aliphatic rings. The number of rotatable bonds is 5. The van der Waals surface area contributed by atoms with E-state index in [9.17, 15) is 13.2 Å². The fourth-order valence-electron chi connectivity index (χ4n) is 3.82. The summed E-state index contributed by atoms with van der Waals surface area (Å²) in [6.45, 7) is 4.30. The number of benzene rings is 2. The van der Waals surface area contributed by atoms with E-state index in [1.54, 1.807) is 31.2 Å². The second-order valence-electron chi connectivity index (χ2n) is 7.43. The van der Waals surface area contributed by atoms with Crippen LogP contribution in [0.15, 0.2) is 36.4 Å². The Morgan fingerprint density at radius 1 is 1.25 bits per heavy atom. The van der Waals surface area contributed by atoms with Crippen molar-refractivity contribution >= 4 is 21.6 Å². The van der Waals surface area contributed by atoms with E-state index in [0.29, 0.717) is 24.2 Å². The molecule has 0 aliphatic carbocycles. The number of aryl methyl sites for hydroxylation is 1. The molecule has 2 aromatic rings. The summed E-state index contributed by atoms with van der Waals surface area (Å²) in [5.41, 5.74) is 4.13. The Balaban J connectivity index is 1.84. The Morgan fingerprint density at radius 3 is 2.61 bits per heavy atom. The first kappa shape index (κ1) is 20.2. The summed E-state index contributed by atoms with van der Waals surface area (Å²) in [5, 5.41) is 0. The van der Waals surface area contributed by atoms with Crippen LogP contribution in [0.5, 0.6) is 5.75 Å². The molecule has 7 heteroatoms. The number of hydrogen-bond acceptors (Lipinski definition) is 4. The lowest BCUT2D eigenvalue weighted by Gasteiger charge is -2.22. The summed E-state index contributed by atoms with van der Waals surface area (Å²) < 4.78 is 31.0. The number of carbonyl (C=O) groups excluding carboxylic acids is 1. The molecule has 0 fully saturated rings. The van der Waals surface area contributed by atoms with Crippen LogP contribution in [0.3, 0.4) is 0 Å². The van der Waals surface area contributed by atoms with E-state index in [0.717, 1.165) is 22.4 Å². The van der Waals surface area contributed by atoms with Gasteiger partial charge in [-0.2, -0.15) is 0 Å². The molecule has 6 nitrogen and oxygen atoms in total. The molecule has 1 heterocycles. The molecule has 0 spiro atoms. The van der Waals surface area contributed by atoms with Crippen molar-refractivity contribution in [2.24, 2.45) is 0 Å². The SMILES string of the molecule is COc1ccc(C)cc1CN(C)C(=O)c1ccc2c(c1)C[C@@H](C)N2S(C)(=O)=O. The third-order valence-corrected chi connectivity index (χ3v) is 6.30. The number of sulfonamides is 1. The molecule has 0 saturated heterocycles. The zero-order valence-electron chi connectivity index (χ0n) is 16.9. The molecule has 28 heavy (non-hydrogen) atoms. The lowest BCUT2D eigenvalue weighted by molar-refractivity contribution is 0.0784. The van der Waals surface area contributed by atoms with Crippen LogP contribution in [-0.4, -0.2) is 45.7 Å². The van der Waals surface area contributed by atoms with Gasteiger partial charge in [-0.25, -0.2) is 8.42 Å². The molecular weight excluding hydrogens is 376 g/mol. The number of amides is 1. The van der Waals surface area contributed by atoms with Gasteiger partial charge in [0.15, 0.2) is 0 Å². The molecule has 0 N–H and O–H groups in total. The lowest BCUT2D eigenvalue weighted by atomic mass is 10.1. The van der Waals surface area contributed by atoms with Crippen LogP contribution in [0.4, 0.5) is 5.69 Å². The third-order valence-electron chi connectivity index (χ3n) is 5.03. The van der Waals surface area contributed by atoms with Crippen molar-refractivity contribution in [1.29, 1.82) is 0 Å². The minimum Gasteiger partial charge on any atom is -0.496 e. The summed E-state index contributed by atoms with van der Waals surface area (Å²) in [7, 11) is 0.0260. The molecule has 0 unspecified atom stereocenters. The van der Waals surface area contributed by atoms with Crippen molar-refractivity contribution in [1.82, 2.24) is 4.90 Å². The average Bonchev–Trinajstić information content (AvgIpc) is 2.96. The van der Waals surface area contributed by atoms with Crippen molar-refractivity contribution in [2.45, 2.75) is 32.9 Å². The van der Waals surface area contributed by atoms with E-state index >= 15 is 0 Å². The van der Waals surface area contributed by atoms with Gasteiger partial charge in [-0.3, -0.25) is 9.10 Å². The number of anilines is 1. The van der Waals surface area contributed by atoms with E-state index in [4.69, 9.17) is 4.74 Å². The van der Waals surface area contributed by atoms with Crippen molar-refractivity contribution < 1.29 is 17.9 Å². The number of carbonyl (C=O) groups is 1. The maximum atomic E-state index is 12.9. The summed E-state index contributed by atoms with van der Waals surface area (Å²) in [5.74, 6) is 0.633. The number of fused-ring (bicyclic) bond motifs is 1. The topological polar surface area (TPSA) is 66.9 Å². The first-order valence-electron chi connectivity index (χ1n) is 9.13. The second kappa shape index (κ2) is 7.47. The van der Waals surface area contributed by atoms with Crippen LogP contribution in [0.1, 0.15) is 34.0 Å². The van der Waals surface area contributed by atoms with Crippen LogP contribution < -0.4 is 9.04 Å². The molecule has 0 saturated carbocycles. The normalized spacial score (nSPS) is 16.0. The highest BCUT2D eigenvalue weighted by Gasteiger charge is 2.33. The van der Waals surface area contributed by atoms with Crippen LogP contribution in [0.25, 0.3) is 0 Å².